The summed E-state index contributed by atoms with van der Waals surface area (Å²) < 4.78 is 45.1. The summed E-state index contributed by atoms with van der Waals surface area (Å²) in [5.74, 6) is 0.258. The molecule has 0 aliphatic carbocycles. The topological polar surface area (TPSA) is 143 Å². The van der Waals surface area contributed by atoms with E-state index in [2.05, 4.69) is 14.7 Å². The van der Waals surface area contributed by atoms with E-state index in [0.717, 1.165) is 18.2 Å². The zero-order chi connectivity index (χ0) is 26.5. The molecule has 1 aliphatic rings. The van der Waals surface area contributed by atoms with Crippen LogP contribution in [0.5, 0.6) is 17.2 Å². The molecule has 5 rings (SSSR count). The number of nitriles is 1. The predicted molar refractivity (Wildman–Crippen MR) is 137 cm³/mol. The average Bonchev–Trinajstić information content (AvgIpc) is 3.40. The van der Waals surface area contributed by atoms with E-state index in [1.54, 1.807) is 30.5 Å². The van der Waals surface area contributed by atoms with Crippen LogP contribution in [0, 0.1) is 17.2 Å². The minimum atomic E-state index is -4.30. The van der Waals surface area contributed by atoms with Crippen molar-refractivity contribution in [3.8, 4) is 23.3 Å². The maximum atomic E-state index is 13.0. The van der Waals surface area contributed by atoms with Crippen molar-refractivity contribution in [1.82, 2.24) is 14.7 Å². The van der Waals surface area contributed by atoms with Gasteiger partial charge in [0, 0.05) is 24.8 Å². The number of pyridine rings is 1. The second-order valence-corrected chi connectivity index (χ2v) is 10.4. The molecule has 0 bridgehead atoms. The lowest BCUT2D eigenvalue weighted by Crippen LogP contribution is -2.31. The number of aromatic nitrogens is 2. The van der Waals surface area contributed by atoms with Crippen LogP contribution >= 0.6 is 0 Å². The Balaban J connectivity index is 1.31. The van der Waals surface area contributed by atoms with E-state index >= 15 is 0 Å². The fourth-order valence-electron chi connectivity index (χ4n) is 4.09. The lowest BCUT2D eigenvalue weighted by Gasteiger charge is -2.22. The number of para-hydroxylation sites is 1. The molecule has 1 saturated heterocycles. The van der Waals surface area contributed by atoms with Crippen molar-refractivity contribution in [2.45, 2.75) is 17.7 Å². The van der Waals surface area contributed by atoms with Gasteiger partial charge in [0.25, 0.3) is 15.9 Å². The Labute approximate surface area is 219 Å². The molecule has 194 valence electrons. The van der Waals surface area contributed by atoms with Gasteiger partial charge in [-0.3, -0.25) is 4.79 Å². The third kappa shape index (κ3) is 5.61. The van der Waals surface area contributed by atoms with Gasteiger partial charge in [-0.1, -0.05) is 12.1 Å². The fraction of sp³-hybridized carbons (Fsp3) is 0.222. The van der Waals surface area contributed by atoms with Crippen LogP contribution in [0.4, 0.5) is 0 Å². The second-order valence-electron chi connectivity index (χ2n) is 8.76. The minimum Gasteiger partial charge on any atom is -0.492 e. The van der Waals surface area contributed by atoms with Gasteiger partial charge in [-0.25, -0.2) is 18.1 Å². The summed E-state index contributed by atoms with van der Waals surface area (Å²) in [6.07, 6.45) is 4.97. The highest BCUT2D eigenvalue weighted by atomic mass is 32.2. The first kappa shape index (κ1) is 25.3. The number of aromatic amines is 1. The summed E-state index contributed by atoms with van der Waals surface area (Å²) in [5, 5.41) is 10.4. The van der Waals surface area contributed by atoms with E-state index in [1.165, 1.54) is 30.5 Å². The van der Waals surface area contributed by atoms with Gasteiger partial charge < -0.3 is 19.2 Å². The number of rotatable bonds is 8. The lowest BCUT2D eigenvalue weighted by molar-refractivity contribution is 0.0497. The zero-order valence-electron chi connectivity index (χ0n) is 20.2. The van der Waals surface area contributed by atoms with Crippen molar-refractivity contribution in [2.24, 2.45) is 5.92 Å². The summed E-state index contributed by atoms with van der Waals surface area (Å²) in [6, 6.07) is 15.7. The first-order chi connectivity index (χ1) is 18.4. The average molecular weight is 533 g/mol. The number of sulfonamides is 1. The van der Waals surface area contributed by atoms with Crippen molar-refractivity contribution in [1.29, 1.82) is 5.26 Å². The number of hydrogen-bond acceptors (Lipinski definition) is 8. The molecule has 0 radical (unpaired) electrons. The number of ether oxygens (including phenoxy) is 3. The lowest BCUT2D eigenvalue weighted by atomic mass is 10.0. The summed E-state index contributed by atoms with van der Waals surface area (Å²) in [5.41, 5.74) is 0.761. The van der Waals surface area contributed by atoms with Crippen molar-refractivity contribution in [3.63, 3.8) is 0 Å². The molecule has 1 fully saturated rings. The van der Waals surface area contributed by atoms with E-state index in [9.17, 15) is 18.5 Å². The maximum Gasteiger partial charge on any atom is 0.268 e. The molecule has 0 spiro atoms. The standard InChI is InChI=1S/C27H24N4O6S/c28-15-20-14-22(5-6-24(20)36-17-18-8-11-35-12-9-18)38(33,34)31-27(32)23-3-1-2-4-25(23)37-21-13-19-7-10-29-26(19)30-16-21/h1-7,10,13-14,16,18H,8-9,11-12,17H2,(H,29,30)(H,31,32). The normalized spacial score (nSPS) is 14.1. The molecule has 2 N–H and O–H groups in total. The van der Waals surface area contributed by atoms with Crippen molar-refractivity contribution >= 4 is 27.0 Å². The number of nitrogens with zero attached hydrogens (tertiary/aromatic N) is 2. The monoisotopic (exact) mass is 532 g/mol. The van der Waals surface area contributed by atoms with Gasteiger partial charge in [0.05, 0.1) is 28.8 Å². The summed E-state index contributed by atoms with van der Waals surface area (Å²) in [4.78, 5) is 20.0. The van der Waals surface area contributed by atoms with Gasteiger partial charge in [-0.2, -0.15) is 5.26 Å². The first-order valence-electron chi connectivity index (χ1n) is 11.9. The van der Waals surface area contributed by atoms with Crippen molar-refractivity contribution < 1.29 is 27.4 Å². The van der Waals surface area contributed by atoms with E-state index in [-0.39, 0.29) is 27.5 Å². The molecule has 1 aliphatic heterocycles. The molecular weight excluding hydrogens is 508 g/mol. The maximum absolute atomic E-state index is 13.0. The summed E-state index contributed by atoms with van der Waals surface area (Å²) >= 11 is 0. The van der Waals surface area contributed by atoms with Gasteiger partial charge in [0.15, 0.2) is 0 Å². The molecule has 3 heterocycles. The quantitative estimate of drug-likeness (QED) is 0.344. The molecule has 10 nitrogen and oxygen atoms in total. The highest BCUT2D eigenvalue weighted by Crippen LogP contribution is 2.28. The molecular formula is C27H24N4O6S. The molecule has 2 aromatic heterocycles. The fourth-order valence-corrected chi connectivity index (χ4v) is 5.08. The Morgan fingerprint density at radius 1 is 1.13 bits per heavy atom. The number of amides is 1. The number of H-pyrrole nitrogens is 1. The van der Waals surface area contributed by atoms with Crippen LogP contribution in [-0.4, -0.2) is 44.1 Å². The van der Waals surface area contributed by atoms with Gasteiger partial charge in [-0.05, 0) is 61.2 Å². The number of fused-ring (bicyclic) bond motifs is 1. The minimum absolute atomic E-state index is 0.0159. The van der Waals surface area contributed by atoms with Gasteiger partial charge in [0.2, 0.25) is 0 Å². The zero-order valence-corrected chi connectivity index (χ0v) is 21.0. The Bertz CT molecular complexity index is 1620. The molecule has 0 saturated carbocycles. The molecule has 1 amide bonds. The van der Waals surface area contributed by atoms with Gasteiger partial charge in [-0.15, -0.1) is 0 Å². The van der Waals surface area contributed by atoms with Crippen molar-refractivity contribution in [3.05, 3.63) is 78.1 Å². The SMILES string of the molecule is N#Cc1cc(S(=O)(=O)NC(=O)c2ccccc2Oc2cnc3[nH]ccc3c2)ccc1OCC1CCOCC1. The number of hydrogen-bond donors (Lipinski definition) is 2. The first-order valence-corrected chi connectivity index (χ1v) is 13.4. The molecule has 38 heavy (non-hydrogen) atoms. The Hall–Kier alpha value is -4.40. The second kappa shape index (κ2) is 10.9. The Morgan fingerprint density at radius 2 is 1.95 bits per heavy atom. The smallest absolute Gasteiger partial charge is 0.268 e. The van der Waals surface area contributed by atoms with Crippen LogP contribution in [0.2, 0.25) is 0 Å². The highest BCUT2D eigenvalue weighted by molar-refractivity contribution is 7.90. The van der Waals surface area contributed by atoms with Crippen LogP contribution in [-0.2, 0) is 14.8 Å². The summed E-state index contributed by atoms with van der Waals surface area (Å²) in [7, 11) is -4.30. The number of carbonyl (C=O) groups is 1. The highest BCUT2D eigenvalue weighted by Gasteiger charge is 2.23. The molecule has 0 unspecified atom stereocenters. The third-order valence-electron chi connectivity index (χ3n) is 6.16. The molecule has 2 aromatic carbocycles. The predicted octanol–water partition coefficient (Wildman–Crippen LogP) is 4.15. The van der Waals surface area contributed by atoms with E-state index in [0.29, 0.717) is 37.1 Å². The molecule has 11 heteroatoms. The Morgan fingerprint density at radius 3 is 2.76 bits per heavy atom. The largest absolute Gasteiger partial charge is 0.492 e. The van der Waals surface area contributed by atoms with Crippen molar-refractivity contribution in [2.75, 3.05) is 19.8 Å². The third-order valence-corrected chi connectivity index (χ3v) is 7.49. The van der Waals surface area contributed by atoms with Crippen LogP contribution in [0.15, 0.2) is 71.9 Å². The van der Waals surface area contributed by atoms with E-state index < -0.39 is 15.9 Å². The number of nitrogens with one attached hydrogen (secondary N) is 2. The summed E-state index contributed by atoms with van der Waals surface area (Å²) in [6.45, 7) is 1.75. The van der Waals surface area contributed by atoms with Crippen LogP contribution in [0.1, 0.15) is 28.8 Å². The number of carbonyl (C=O) groups excluding carboxylic acids is 1. The van der Waals surface area contributed by atoms with E-state index in [1.807, 2.05) is 12.1 Å². The van der Waals surface area contributed by atoms with Crippen LogP contribution in [0.25, 0.3) is 11.0 Å². The molecule has 0 atom stereocenters. The van der Waals surface area contributed by atoms with Crippen LogP contribution in [0.3, 0.4) is 0 Å². The number of benzene rings is 2. The molecule has 4 aromatic rings. The Kier molecular flexibility index (Phi) is 7.26. The van der Waals surface area contributed by atoms with Crippen LogP contribution < -0.4 is 14.2 Å². The van der Waals surface area contributed by atoms with Gasteiger partial charge >= 0.3 is 0 Å². The van der Waals surface area contributed by atoms with Gasteiger partial charge in [0.1, 0.15) is 29.0 Å². The van der Waals surface area contributed by atoms with E-state index in [4.69, 9.17) is 14.2 Å².